The number of hydrogen-bond donors (Lipinski definition) is 2. The Balaban J connectivity index is 1.91. The van der Waals surface area contributed by atoms with Crippen molar-refractivity contribution in [2.75, 3.05) is 7.11 Å². The molecular weight excluding hydrogens is 248 g/mol. The number of nitrogens with one attached hydrogen (secondary N) is 1. The summed E-state index contributed by atoms with van der Waals surface area (Å²) in [7, 11) is 1.53. The average molecular weight is 262 g/mol. The summed E-state index contributed by atoms with van der Waals surface area (Å²) >= 11 is 0. The number of amides is 1. The molecule has 0 saturated heterocycles. The maximum Gasteiger partial charge on any atom is 0.273 e. The van der Waals surface area contributed by atoms with Crippen molar-refractivity contribution in [3.05, 3.63) is 47.3 Å². The van der Waals surface area contributed by atoms with Gasteiger partial charge in [0.15, 0.2) is 11.5 Å². The molecular formula is C13H14N2O4. The van der Waals surface area contributed by atoms with Gasteiger partial charge in [-0.1, -0.05) is 17.3 Å². The van der Waals surface area contributed by atoms with Gasteiger partial charge in [0.1, 0.15) is 12.4 Å². The molecule has 2 rings (SSSR count). The summed E-state index contributed by atoms with van der Waals surface area (Å²) in [4.78, 5) is 11.8. The smallest absolute Gasteiger partial charge is 0.273 e. The number of aromatic nitrogens is 1. The zero-order valence-electron chi connectivity index (χ0n) is 10.4. The molecule has 19 heavy (non-hydrogen) atoms. The summed E-state index contributed by atoms with van der Waals surface area (Å²) in [5, 5.41) is 15.5. The Morgan fingerprint density at radius 2 is 2.16 bits per heavy atom. The largest absolute Gasteiger partial charge is 0.508 e. The number of methoxy groups -OCH3 is 1. The minimum absolute atomic E-state index is 0.191. The van der Waals surface area contributed by atoms with Gasteiger partial charge in [-0.25, -0.2) is 0 Å². The van der Waals surface area contributed by atoms with E-state index in [9.17, 15) is 4.79 Å². The second-order valence-electron chi connectivity index (χ2n) is 3.96. The minimum Gasteiger partial charge on any atom is -0.508 e. The van der Waals surface area contributed by atoms with Crippen LogP contribution in [0.15, 0.2) is 34.9 Å². The lowest BCUT2D eigenvalue weighted by Gasteiger charge is -2.02. The molecule has 0 atom stereocenters. The van der Waals surface area contributed by atoms with Gasteiger partial charge in [0.25, 0.3) is 5.91 Å². The highest BCUT2D eigenvalue weighted by Crippen LogP contribution is 2.10. The van der Waals surface area contributed by atoms with Crippen molar-refractivity contribution in [2.24, 2.45) is 0 Å². The lowest BCUT2D eigenvalue weighted by atomic mass is 10.2. The molecule has 0 saturated carbocycles. The van der Waals surface area contributed by atoms with Crippen molar-refractivity contribution in [2.45, 2.75) is 13.2 Å². The summed E-state index contributed by atoms with van der Waals surface area (Å²) in [6.07, 6.45) is 0. The number of rotatable bonds is 5. The quantitative estimate of drug-likeness (QED) is 0.852. The second-order valence-corrected chi connectivity index (χ2v) is 3.96. The number of phenols is 1. The van der Waals surface area contributed by atoms with Gasteiger partial charge in [-0.15, -0.1) is 0 Å². The van der Waals surface area contributed by atoms with E-state index in [0.717, 1.165) is 5.56 Å². The number of benzene rings is 1. The zero-order chi connectivity index (χ0) is 13.7. The fourth-order valence-electron chi connectivity index (χ4n) is 1.52. The first-order valence-corrected chi connectivity index (χ1v) is 5.69. The third kappa shape index (κ3) is 3.56. The third-order valence-corrected chi connectivity index (χ3v) is 2.47. The molecule has 1 aromatic heterocycles. The lowest BCUT2D eigenvalue weighted by molar-refractivity contribution is 0.0941. The molecule has 0 unspecified atom stereocenters. The number of aromatic hydroxyl groups is 1. The summed E-state index contributed by atoms with van der Waals surface area (Å²) < 4.78 is 9.80. The van der Waals surface area contributed by atoms with E-state index in [4.69, 9.17) is 14.4 Å². The van der Waals surface area contributed by atoms with E-state index in [1.165, 1.54) is 13.2 Å². The van der Waals surface area contributed by atoms with Gasteiger partial charge >= 0.3 is 0 Å². The van der Waals surface area contributed by atoms with Crippen LogP contribution in [-0.2, 0) is 17.9 Å². The Morgan fingerprint density at radius 3 is 2.84 bits per heavy atom. The van der Waals surface area contributed by atoms with E-state index in [1.807, 2.05) is 0 Å². The molecule has 0 spiro atoms. The standard InChI is InChI=1S/C13H14N2O4/c1-18-8-11-6-12(15-19-11)13(17)14-7-9-2-4-10(16)5-3-9/h2-6,16H,7-8H2,1H3,(H,14,17). The number of carbonyl (C=O) groups excluding carboxylic acids is 1. The Labute approximate surface area is 110 Å². The third-order valence-electron chi connectivity index (χ3n) is 2.47. The Bertz CT molecular complexity index is 548. The van der Waals surface area contributed by atoms with Gasteiger partial charge in [-0.05, 0) is 17.7 Å². The highest BCUT2D eigenvalue weighted by atomic mass is 16.5. The van der Waals surface area contributed by atoms with E-state index >= 15 is 0 Å². The van der Waals surface area contributed by atoms with Crippen molar-refractivity contribution < 1.29 is 19.2 Å². The normalized spacial score (nSPS) is 10.4. The van der Waals surface area contributed by atoms with E-state index in [1.54, 1.807) is 24.3 Å². The Kier molecular flexibility index (Phi) is 4.15. The maximum atomic E-state index is 11.8. The van der Waals surface area contributed by atoms with Gasteiger partial charge in [-0.2, -0.15) is 0 Å². The fourth-order valence-corrected chi connectivity index (χ4v) is 1.52. The molecule has 100 valence electrons. The molecule has 0 radical (unpaired) electrons. The van der Waals surface area contributed by atoms with Crippen molar-refractivity contribution in [3.63, 3.8) is 0 Å². The molecule has 0 fully saturated rings. The van der Waals surface area contributed by atoms with Crippen LogP contribution in [0.25, 0.3) is 0 Å². The predicted molar refractivity (Wildman–Crippen MR) is 66.5 cm³/mol. The molecule has 0 aliphatic carbocycles. The van der Waals surface area contributed by atoms with Gasteiger partial charge < -0.3 is 19.7 Å². The lowest BCUT2D eigenvalue weighted by Crippen LogP contribution is -2.22. The number of nitrogens with zero attached hydrogens (tertiary/aromatic N) is 1. The number of hydrogen-bond acceptors (Lipinski definition) is 5. The van der Waals surface area contributed by atoms with Gasteiger partial charge in [0.05, 0.1) is 0 Å². The molecule has 2 aromatic rings. The maximum absolute atomic E-state index is 11.8. The monoisotopic (exact) mass is 262 g/mol. The number of phenolic OH excluding ortho intramolecular Hbond substituents is 1. The van der Waals surface area contributed by atoms with Crippen LogP contribution in [0.3, 0.4) is 0 Å². The van der Waals surface area contributed by atoms with Gasteiger partial charge in [-0.3, -0.25) is 4.79 Å². The fraction of sp³-hybridized carbons (Fsp3) is 0.231. The summed E-state index contributed by atoms with van der Waals surface area (Å²) in [6, 6.07) is 8.13. The van der Waals surface area contributed by atoms with Crippen LogP contribution >= 0.6 is 0 Å². The van der Waals surface area contributed by atoms with Crippen molar-refractivity contribution in [3.8, 4) is 5.75 Å². The first-order valence-electron chi connectivity index (χ1n) is 5.69. The average Bonchev–Trinajstić information content (AvgIpc) is 2.87. The van der Waals surface area contributed by atoms with Crippen LogP contribution in [0.1, 0.15) is 21.8 Å². The van der Waals surface area contributed by atoms with E-state index in [2.05, 4.69) is 10.5 Å². The van der Waals surface area contributed by atoms with Crippen molar-refractivity contribution in [1.29, 1.82) is 0 Å². The highest BCUT2D eigenvalue weighted by molar-refractivity contribution is 5.92. The Morgan fingerprint density at radius 1 is 1.42 bits per heavy atom. The summed E-state index contributed by atoms with van der Waals surface area (Å²) in [5.74, 6) is 0.368. The molecule has 6 nitrogen and oxygen atoms in total. The Hall–Kier alpha value is -2.34. The molecule has 2 N–H and O–H groups in total. The predicted octanol–water partition coefficient (Wildman–Crippen LogP) is 1.46. The molecule has 1 aromatic carbocycles. The minimum atomic E-state index is -0.320. The van der Waals surface area contributed by atoms with Crippen molar-refractivity contribution in [1.82, 2.24) is 10.5 Å². The topological polar surface area (TPSA) is 84.6 Å². The van der Waals surface area contributed by atoms with E-state index < -0.39 is 0 Å². The molecule has 1 heterocycles. The van der Waals surface area contributed by atoms with Crippen LogP contribution in [0.2, 0.25) is 0 Å². The SMILES string of the molecule is COCc1cc(C(=O)NCc2ccc(O)cc2)no1. The van der Waals surface area contributed by atoms with Crippen LogP contribution in [-0.4, -0.2) is 23.3 Å². The van der Waals surface area contributed by atoms with Crippen LogP contribution in [0, 0.1) is 0 Å². The molecule has 6 heteroatoms. The first-order chi connectivity index (χ1) is 9.19. The highest BCUT2D eigenvalue weighted by Gasteiger charge is 2.11. The zero-order valence-corrected chi connectivity index (χ0v) is 10.4. The van der Waals surface area contributed by atoms with Crippen LogP contribution < -0.4 is 5.32 Å². The van der Waals surface area contributed by atoms with Gasteiger partial charge in [0, 0.05) is 19.7 Å². The van der Waals surface area contributed by atoms with Gasteiger partial charge in [0.2, 0.25) is 0 Å². The summed E-state index contributed by atoms with van der Waals surface area (Å²) in [5.41, 5.74) is 1.09. The second kappa shape index (κ2) is 6.01. The van der Waals surface area contributed by atoms with Crippen molar-refractivity contribution >= 4 is 5.91 Å². The number of ether oxygens (including phenoxy) is 1. The molecule has 0 aliphatic heterocycles. The molecule has 0 aliphatic rings. The van der Waals surface area contributed by atoms with Crippen LogP contribution in [0.4, 0.5) is 0 Å². The van der Waals surface area contributed by atoms with E-state index in [-0.39, 0.29) is 24.0 Å². The van der Waals surface area contributed by atoms with E-state index in [0.29, 0.717) is 12.3 Å². The molecule has 1 amide bonds. The number of carbonyl (C=O) groups is 1. The van der Waals surface area contributed by atoms with Crippen LogP contribution in [0.5, 0.6) is 5.75 Å². The first kappa shape index (κ1) is 13.1. The molecule has 0 bridgehead atoms. The summed E-state index contributed by atoms with van der Waals surface area (Å²) in [6.45, 7) is 0.629.